The molecule has 0 amide bonds. The number of allylic oxidation sites excluding steroid dienone is 1. The predicted molar refractivity (Wildman–Crippen MR) is 120 cm³/mol. The van der Waals surface area contributed by atoms with Gasteiger partial charge < -0.3 is 10.1 Å². The van der Waals surface area contributed by atoms with Crippen molar-refractivity contribution in [1.82, 2.24) is 14.8 Å². The van der Waals surface area contributed by atoms with Crippen molar-refractivity contribution in [2.45, 2.75) is 59.1 Å². The zero-order valence-electron chi connectivity index (χ0n) is 17.9. The van der Waals surface area contributed by atoms with Crippen LogP contribution in [0.4, 0.5) is 5.95 Å². The third kappa shape index (κ3) is 4.04. The summed E-state index contributed by atoms with van der Waals surface area (Å²) in [5.74, 6) is 1.82. The molecule has 0 spiro atoms. The molecule has 2 heterocycles. The van der Waals surface area contributed by atoms with Crippen LogP contribution in [0.3, 0.4) is 0 Å². The number of hydrogen-bond acceptors (Lipinski definition) is 5. The molecule has 2 aromatic rings. The number of nitrogens with one attached hydrogen (secondary N) is 1. The van der Waals surface area contributed by atoms with Crippen LogP contribution >= 0.6 is 15.9 Å². The number of carbonyl (C=O) groups is 1. The molecule has 1 N–H and O–H groups in total. The Labute approximate surface area is 186 Å². The first kappa shape index (κ1) is 21.1. The maximum atomic E-state index is 13.5. The number of ether oxygens (including phenoxy) is 1. The van der Waals surface area contributed by atoms with Gasteiger partial charge in [-0.1, -0.05) is 55.3 Å². The minimum Gasteiger partial charge on any atom is -0.459 e. The van der Waals surface area contributed by atoms with E-state index in [2.05, 4.69) is 52.1 Å². The van der Waals surface area contributed by atoms with Crippen LogP contribution in [0.15, 0.2) is 46.3 Å². The molecule has 1 fully saturated rings. The van der Waals surface area contributed by atoms with Crippen molar-refractivity contribution in [3.8, 4) is 0 Å². The SMILES string of the molecule is CC1=C(C(=O)O[C@@H]2C[C@H](C)CC[C@@H]2C(C)C)[C@@H](c2ccc(Br)cc2)n2ncnc2N1. The van der Waals surface area contributed by atoms with Gasteiger partial charge in [0.05, 0.1) is 5.57 Å². The summed E-state index contributed by atoms with van der Waals surface area (Å²) >= 11 is 3.49. The molecule has 0 saturated heterocycles. The lowest BCUT2D eigenvalue weighted by Crippen LogP contribution is -2.38. The van der Waals surface area contributed by atoms with E-state index in [-0.39, 0.29) is 18.1 Å². The molecule has 1 aromatic carbocycles. The van der Waals surface area contributed by atoms with Gasteiger partial charge in [-0.25, -0.2) is 9.48 Å². The van der Waals surface area contributed by atoms with Crippen molar-refractivity contribution >= 4 is 27.8 Å². The summed E-state index contributed by atoms with van der Waals surface area (Å²) in [6.07, 6.45) is 4.68. The molecular weight excluding hydrogens is 444 g/mol. The molecule has 1 aliphatic carbocycles. The number of fused-ring (bicyclic) bond motifs is 1. The second-order valence-electron chi connectivity index (χ2n) is 8.92. The van der Waals surface area contributed by atoms with Gasteiger partial charge in [-0.05, 0) is 55.2 Å². The Morgan fingerprint density at radius 3 is 2.70 bits per heavy atom. The lowest BCUT2D eigenvalue weighted by Gasteiger charge is -2.37. The number of aromatic nitrogens is 3. The number of carbonyl (C=O) groups excluding carboxylic acids is 1. The Morgan fingerprint density at radius 2 is 2.00 bits per heavy atom. The van der Waals surface area contributed by atoms with E-state index < -0.39 is 0 Å². The zero-order valence-corrected chi connectivity index (χ0v) is 19.5. The highest BCUT2D eigenvalue weighted by Crippen LogP contribution is 2.39. The predicted octanol–water partition coefficient (Wildman–Crippen LogP) is 5.33. The second kappa shape index (κ2) is 8.53. The highest BCUT2D eigenvalue weighted by molar-refractivity contribution is 9.10. The highest BCUT2D eigenvalue weighted by Gasteiger charge is 2.38. The Bertz CT molecular complexity index is 950. The van der Waals surface area contributed by atoms with E-state index in [9.17, 15) is 4.79 Å². The average molecular weight is 473 g/mol. The van der Waals surface area contributed by atoms with Crippen LogP contribution in [0.1, 0.15) is 58.6 Å². The van der Waals surface area contributed by atoms with E-state index in [0.717, 1.165) is 28.6 Å². The molecule has 160 valence electrons. The number of nitrogens with zero attached hydrogens (tertiary/aromatic N) is 3. The number of halogens is 1. The summed E-state index contributed by atoms with van der Waals surface area (Å²) in [6.45, 7) is 8.60. The first-order valence-corrected chi connectivity index (χ1v) is 11.5. The van der Waals surface area contributed by atoms with E-state index in [0.29, 0.717) is 29.3 Å². The Kier molecular flexibility index (Phi) is 6.00. The summed E-state index contributed by atoms with van der Waals surface area (Å²) in [5.41, 5.74) is 2.32. The largest absolute Gasteiger partial charge is 0.459 e. The van der Waals surface area contributed by atoms with Gasteiger partial charge in [-0.15, -0.1) is 0 Å². The topological polar surface area (TPSA) is 69.0 Å². The molecule has 7 heteroatoms. The molecule has 1 aromatic heterocycles. The maximum absolute atomic E-state index is 13.5. The van der Waals surface area contributed by atoms with Crippen LogP contribution in [0, 0.1) is 17.8 Å². The fourth-order valence-corrected chi connectivity index (χ4v) is 5.02. The lowest BCUT2D eigenvalue weighted by atomic mass is 9.75. The molecule has 0 unspecified atom stereocenters. The van der Waals surface area contributed by atoms with Gasteiger partial charge in [-0.3, -0.25) is 0 Å². The minimum absolute atomic E-state index is 0.0516. The summed E-state index contributed by atoms with van der Waals surface area (Å²) in [5, 5.41) is 7.62. The minimum atomic E-state index is -0.372. The van der Waals surface area contributed by atoms with Crippen molar-refractivity contribution in [2.24, 2.45) is 17.8 Å². The summed E-state index contributed by atoms with van der Waals surface area (Å²) in [6, 6.07) is 7.59. The van der Waals surface area contributed by atoms with Crippen molar-refractivity contribution in [3.05, 3.63) is 51.9 Å². The van der Waals surface area contributed by atoms with Crippen LogP contribution in [0.25, 0.3) is 0 Å². The molecule has 6 nitrogen and oxygen atoms in total. The fraction of sp³-hybridized carbons (Fsp3) is 0.522. The standard InChI is InChI=1S/C23H29BrN4O2/c1-13(2)18-10-5-14(3)11-19(18)30-22(29)20-15(4)27-23-25-12-26-28(23)21(20)16-6-8-17(24)9-7-16/h6-9,12-14,18-19,21H,5,10-11H2,1-4H3,(H,25,26,27)/t14-,18-,19-,21-/m1/s1. The molecule has 30 heavy (non-hydrogen) atoms. The number of benzene rings is 1. The number of hydrogen-bond donors (Lipinski definition) is 1. The van der Waals surface area contributed by atoms with Gasteiger partial charge in [0, 0.05) is 10.2 Å². The van der Waals surface area contributed by atoms with E-state index in [4.69, 9.17) is 4.74 Å². The third-order valence-corrected chi connectivity index (χ3v) is 6.95. The van der Waals surface area contributed by atoms with Crippen LogP contribution in [-0.2, 0) is 9.53 Å². The first-order chi connectivity index (χ1) is 14.3. The Hall–Kier alpha value is -2.15. The van der Waals surface area contributed by atoms with E-state index in [1.807, 2.05) is 31.2 Å². The van der Waals surface area contributed by atoms with Crippen molar-refractivity contribution in [1.29, 1.82) is 0 Å². The van der Waals surface area contributed by atoms with Gasteiger partial charge >= 0.3 is 5.97 Å². The summed E-state index contributed by atoms with van der Waals surface area (Å²) in [7, 11) is 0. The third-order valence-electron chi connectivity index (χ3n) is 6.42. The van der Waals surface area contributed by atoms with E-state index >= 15 is 0 Å². The van der Waals surface area contributed by atoms with Crippen LogP contribution in [-0.4, -0.2) is 26.8 Å². The molecule has 0 radical (unpaired) electrons. The first-order valence-electron chi connectivity index (χ1n) is 10.7. The Morgan fingerprint density at radius 1 is 1.27 bits per heavy atom. The molecule has 2 aliphatic rings. The number of esters is 1. The van der Waals surface area contributed by atoms with Crippen molar-refractivity contribution in [2.75, 3.05) is 5.32 Å². The fourth-order valence-electron chi connectivity index (χ4n) is 4.76. The molecule has 1 saturated carbocycles. The quantitative estimate of drug-likeness (QED) is 0.608. The molecule has 0 bridgehead atoms. The second-order valence-corrected chi connectivity index (χ2v) is 9.83. The van der Waals surface area contributed by atoms with Gasteiger partial charge in [0.25, 0.3) is 0 Å². The van der Waals surface area contributed by atoms with Gasteiger partial charge in [0.2, 0.25) is 5.95 Å². The summed E-state index contributed by atoms with van der Waals surface area (Å²) < 4.78 is 8.95. The van der Waals surface area contributed by atoms with Crippen molar-refractivity contribution in [3.63, 3.8) is 0 Å². The molecule has 1 aliphatic heterocycles. The molecule has 4 atom stereocenters. The van der Waals surface area contributed by atoms with Gasteiger partial charge in [-0.2, -0.15) is 10.1 Å². The summed E-state index contributed by atoms with van der Waals surface area (Å²) in [4.78, 5) is 17.8. The van der Waals surface area contributed by atoms with Gasteiger partial charge in [0.1, 0.15) is 18.5 Å². The lowest BCUT2D eigenvalue weighted by molar-refractivity contribution is -0.151. The monoisotopic (exact) mass is 472 g/mol. The molecule has 4 rings (SSSR count). The van der Waals surface area contributed by atoms with Crippen LogP contribution < -0.4 is 5.32 Å². The zero-order chi connectivity index (χ0) is 21.4. The average Bonchev–Trinajstić information content (AvgIpc) is 3.15. The smallest absolute Gasteiger partial charge is 0.338 e. The van der Waals surface area contributed by atoms with Crippen LogP contribution in [0.2, 0.25) is 0 Å². The maximum Gasteiger partial charge on any atom is 0.338 e. The van der Waals surface area contributed by atoms with E-state index in [1.54, 1.807) is 4.68 Å². The number of rotatable bonds is 4. The normalized spacial score (nSPS) is 26.3. The van der Waals surface area contributed by atoms with Gasteiger partial charge in [0.15, 0.2) is 0 Å². The Balaban J connectivity index is 1.68. The van der Waals surface area contributed by atoms with Crippen molar-refractivity contribution < 1.29 is 9.53 Å². The van der Waals surface area contributed by atoms with E-state index in [1.165, 1.54) is 12.7 Å². The highest BCUT2D eigenvalue weighted by atomic mass is 79.9. The molecular formula is C23H29BrN4O2. The number of anilines is 1. The van der Waals surface area contributed by atoms with Crippen LogP contribution in [0.5, 0.6) is 0 Å².